The molecule has 0 aliphatic rings. The van der Waals surface area contributed by atoms with E-state index in [2.05, 4.69) is 21.0 Å². The van der Waals surface area contributed by atoms with Gasteiger partial charge in [0.1, 0.15) is 16.4 Å². The number of anilines is 1. The van der Waals surface area contributed by atoms with Gasteiger partial charge in [-0.15, -0.1) is 11.8 Å². The molecule has 1 heterocycles. The first kappa shape index (κ1) is 15.9. The molecule has 0 atom stereocenters. The Labute approximate surface area is 136 Å². The van der Waals surface area contributed by atoms with Gasteiger partial charge < -0.3 is 10.5 Å². The Morgan fingerprint density at radius 1 is 1.52 bits per heavy atom. The second kappa shape index (κ2) is 7.00. The molecule has 2 rings (SSSR count). The minimum atomic E-state index is -0.431. The molecule has 112 valence electrons. The highest BCUT2D eigenvalue weighted by atomic mass is 79.9. The summed E-state index contributed by atoms with van der Waals surface area (Å²) in [4.78, 5) is 12.0. The molecule has 2 N–H and O–H groups in total. The summed E-state index contributed by atoms with van der Waals surface area (Å²) >= 11 is 4.81. The van der Waals surface area contributed by atoms with Crippen molar-refractivity contribution in [1.29, 1.82) is 0 Å². The van der Waals surface area contributed by atoms with Crippen LogP contribution in [0.1, 0.15) is 22.8 Å². The van der Waals surface area contributed by atoms with Crippen molar-refractivity contribution in [1.82, 2.24) is 9.78 Å². The van der Waals surface area contributed by atoms with Crippen LogP contribution in [0.4, 0.5) is 5.82 Å². The summed E-state index contributed by atoms with van der Waals surface area (Å²) in [7, 11) is 0. The number of hydrogen-bond acceptors (Lipinski definition) is 5. The van der Waals surface area contributed by atoms with E-state index < -0.39 is 5.97 Å². The number of esters is 1. The van der Waals surface area contributed by atoms with Crippen LogP contribution < -0.4 is 5.73 Å². The smallest absolute Gasteiger partial charge is 0.344 e. The summed E-state index contributed by atoms with van der Waals surface area (Å²) in [5.41, 5.74) is 7.46. The minimum Gasteiger partial charge on any atom is -0.462 e. The quantitative estimate of drug-likeness (QED) is 0.647. The van der Waals surface area contributed by atoms with Crippen molar-refractivity contribution in [2.75, 3.05) is 18.6 Å². The van der Waals surface area contributed by atoms with E-state index in [9.17, 15) is 4.79 Å². The molecule has 0 fully saturated rings. The molecule has 0 spiro atoms. The maximum atomic E-state index is 12.0. The molecule has 0 aliphatic heterocycles. The SMILES string of the molecule is CCOC(=O)c1c(SC)nn(Cc2cccc(Br)c2)c1N. The van der Waals surface area contributed by atoms with Crippen LogP contribution in [0.25, 0.3) is 0 Å². The third kappa shape index (κ3) is 3.59. The average Bonchev–Trinajstić information content (AvgIpc) is 2.76. The van der Waals surface area contributed by atoms with Crippen molar-refractivity contribution in [3.05, 3.63) is 39.9 Å². The molecule has 0 bridgehead atoms. The number of carbonyl (C=O) groups is 1. The van der Waals surface area contributed by atoms with E-state index in [1.54, 1.807) is 11.6 Å². The number of aromatic nitrogens is 2. The predicted molar refractivity (Wildman–Crippen MR) is 87.6 cm³/mol. The van der Waals surface area contributed by atoms with Gasteiger partial charge in [-0.2, -0.15) is 5.10 Å². The van der Waals surface area contributed by atoms with Gasteiger partial charge in [0.15, 0.2) is 0 Å². The summed E-state index contributed by atoms with van der Waals surface area (Å²) < 4.78 is 7.65. The fourth-order valence-electron chi connectivity index (χ4n) is 1.92. The highest BCUT2D eigenvalue weighted by Crippen LogP contribution is 2.26. The Bertz CT molecular complexity index is 658. The number of rotatable bonds is 5. The summed E-state index contributed by atoms with van der Waals surface area (Å²) in [6.07, 6.45) is 1.86. The fraction of sp³-hybridized carbons (Fsp3) is 0.286. The standard InChI is InChI=1S/C14H16BrN3O2S/c1-3-20-14(19)11-12(16)18(17-13(11)21-2)8-9-5-4-6-10(15)7-9/h4-7H,3,8,16H2,1-2H3. The van der Waals surface area contributed by atoms with E-state index in [0.717, 1.165) is 10.0 Å². The molecule has 0 radical (unpaired) electrons. The number of halogens is 1. The van der Waals surface area contributed by atoms with Crippen molar-refractivity contribution >= 4 is 39.5 Å². The van der Waals surface area contributed by atoms with Crippen LogP contribution in [0.15, 0.2) is 33.8 Å². The molecule has 1 aromatic carbocycles. The molecular formula is C14H16BrN3O2S. The maximum absolute atomic E-state index is 12.0. The van der Waals surface area contributed by atoms with E-state index in [0.29, 0.717) is 29.6 Å². The first-order chi connectivity index (χ1) is 10.1. The molecule has 5 nitrogen and oxygen atoms in total. The Morgan fingerprint density at radius 2 is 2.29 bits per heavy atom. The van der Waals surface area contributed by atoms with Gasteiger partial charge in [0.25, 0.3) is 0 Å². The zero-order valence-corrected chi connectivity index (χ0v) is 14.2. The van der Waals surface area contributed by atoms with Gasteiger partial charge in [0.05, 0.1) is 13.2 Å². The van der Waals surface area contributed by atoms with Gasteiger partial charge in [-0.1, -0.05) is 28.1 Å². The molecule has 0 amide bonds. The van der Waals surface area contributed by atoms with Gasteiger partial charge in [-0.3, -0.25) is 0 Å². The van der Waals surface area contributed by atoms with Gasteiger partial charge in [-0.05, 0) is 30.9 Å². The van der Waals surface area contributed by atoms with E-state index >= 15 is 0 Å². The average molecular weight is 370 g/mol. The lowest BCUT2D eigenvalue weighted by atomic mass is 10.2. The van der Waals surface area contributed by atoms with E-state index in [1.165, 1.54) is 11.8 Å². The Hall–Kier alpha value is -1.47. The van der Waals surface area contributed by atoms with Crippen LogP contribution >= 0.6 is 27.7 Å². The van der Waals surface area contributed by atoms with Crippen molar-refractivity contribution in [3.63, 3.8) is 0 Å². The molecule has 0 saturated carbocycles. The van der Waals surface area contributed by atoms with E-state index in [4.69, 9.17) is 10.5 Å². The van der Waals surface area contributed by atoms with Crippen LogP contribution in [0.3, 0.4) is 0 Å². The number of benzene rings is 1. The summed E-state index contributed by atoms with van der Waals surface area (Å²) in [5, 5.41) is 4.98. The molecule has 2 aromatic rings. The number of ether oxygens (including phenoxy) is 1. The first-order valence-corrected chi connectivity index (χ1v) is 8.40. The second-order valence-corrected chi connectivity index (χ2v) is 5.99. The molecule has 0 unspecified atom stereocenters. The first-order valence-electron chi connectivity index (χ1n) is 6.38. The Kier molecular flexibility index (Phi) is 5.30. The number of nitrogens with zero attached hydrogens (tertiary/aromatic N) is 2. The van der Waals surface area contributed by atoms with Crippen molar-refractivity contribution in [2.24, 2.45) is 0 Å². The molecule has 0 saturated heterocycles. The summed E-state index contributed by atoms with van der Waals surface area (Å²) in [6, 6.07) is 7.87. The van der Waals surface area contributed by atoms with Crippen LogP contribution in [-0.2, 0) is 11.3 Å². The fourth-order valence-corrected chi connectivity index (χ4v) is 2.94. The molecule has 1 aromatic heterocycles. The second-order valence-electron chi connectivity index (χ2n) is 4.28. The van der Waals surface area contributed by atoms with Crippen molar-refractivity contribution in [2.45, 2.75) is 18.5 Å². The van der Waals surface area contributed by atoms with Crippen LogP contribution in [0.2, 0.25) is 0 Å². The number of nitrogen functional groups attached to an aromatic ring is 1. The highest BCUT2D eigenvalue weighted by Gasteiger charge is 2.22. The summed E-state index contributed by atoms with van der Waals surface area (Å²) in [5.74, 6) is -0.0994. The Balaban J connectivity index is 2.35. The normalized spacial score (nSPS) is 10.6. The van der Waals surface area contributed by atoms with Crippen LogP contribution in [-0.4, -0.2) is 28.6 Å². The molecule has 0 aliphatic carbocycles. The van der Waals surface area contributed by atoms with E-state index in [-0.39, 0.29) is 0 Å². The van der Waals surface area contributed by atoms with E-state index in [1.807, 2.05) is 30.5 Å². The van der Waals surface area contributed by atoms with Crippen molar-refractivity contribution in [3.8, 4) is 0 Å². The van der Waals surface area contributed by atoms with Gasteiger partial charge in [0, 0.05) is 4.47 Å². The monoisotopic (exact) mass is 369 g/mol. The molecule has 7 heteroatoms. The van der Waals surface area contributed by atoms with Crippen molar-refractivity contribution < 1.29 is 9.53 Å². The van der Waals surface area contributed by atoms with Crippen LogP contribution in [0.5, 0.6) is 0 Å². The third-order valence-corrected chi connectivity index (χ3v) is 4.02. The van der Waals surface area contributed by atoms with Crippen LogP contribution in [0, 0.1) is 0 Å². The highest BCUT2D eigenvalue weighted by molar-refractivity contribution is 9.10. The van der Waals surface area contributed by atoms with Gasteiger partial charge >= 0.3 is 5.97 Å². The lowest BCUT2D eigenvalue weighted by Gasteiger charge is -2.05. The zero-order chi connectivity index (χ0) is 15.4. The zero-order valence-electron chi connectivity index (χ0n) is 11.8. The number of thioether (sulfide) groups is 1. The number of hydrogen-bond donors (Lipinski definition) is 1. The molecular weight excluding hydrogens is 354 g/mol. The largest absolute Gasteiger partial charge is 0.462 e. The van der Waals surface area contributed by atoms with Gasteiger partial charge in [0.2, 0.25) is 0 Å². The topological polar surface area (TPSA) is 70.1 Å². The number of carbonyl (C=O) groups excluding carboxylic acids is 1. The number of nitrogens with two attached hydrogens (primary N) is 1. The lowest BCUT2D eigenvalue weighted by Crippen LogP contribution is -2.10. The Morgan fingerprint density at radius 3 is 2.90 bits per heavy atom. The predicted octanol–water partition coefficient (Wildman–Crippen LogP) is 3.17. The minimum absolute atomic E-state index is 0.308. The maximum Gasteiger partial charge on any atom is 0.344 e. The lowest BCUT2D eigenvalue weighted by molar-refractivity contribution is 0.0523. The molecule has 21 heavy (non-hydrogen) atoms. The third-order valence-electron chi connectivity index (χ3n) is 2.85. The summed E-state index contributed by atoms with van der Waals surface area (Å²) in [6.45, 7) is 2.57. The van der Waals surface area contributed by atoms with Gasteiger partial charge in [-0.25, -0.2) is 9.48 Å².